The summed E-state index contributed by atoms with van der Waals surface area (Å²) in [5.74, 6) is 5.55. The van der Waals surface area contributed by atoms with E-state index in [2.05, 4.69) is 17.2 Å². The van der Waals surface area contributed by atoms with Gasteiger partial charge in [0.2, 0.25) is 0 Å². The minimum atomic E-state index is -0.186. The van der Waals surface area contributed by atoms with Crippen molar-refractivity contribution in [1.29, 1.82) is 5.26 Å². The lowest BCUT2D eigenvalue weighted by Crippen LogP contribution is -2.09. The Balaban J connectivity index is 2.15. The largest absolute Gasteiger partial charge is 0.321 e. The molecule has 4 nitrogen and oxygen atoms in total. The first kappa shape index (κ1) is 14.8. The molecule has 0 saturated carbocycles. The van der Waals surface area contributed by atoms with Crippen molar-refractivity contribution in [2.24, 2.45) is 5.73 Å². The van der Waals surface area contributed by atoms with Crippen LogP contribution in [-0.2, 0) is 0 Å². The average Bonchev–Trinajstić information content (AvgIpc) is 2.87. The van der Waals surface area contributed by atoms with E-state index in [4.69, 9.17) is 11.0 Å². The second-order valence-corrected chi connectivity index (χ2v) is 5.32. The van der Waals surface area contributed by atoms with Gasteiger partial charge >= 0.3 is 0 Å². The number of aryl methyl sites for hydroxylation is 1. The Hall–Kier alpha value is -2.60. The summed E-state index contributed by atoms with van der Waals surface area (Å²) in [6, 6.07) is 10.6. The SMILES string of the molecule is Cc1cc(C(=O)Nc2ccc(C#N)cc2)sc1C#CCN. The molecule has 0 fully saturated rings. The van der Waals surface area contributed by atoms with Crippen LogP contribution in [-0.4, -0.2) is 12.5 Å². The van der Waals surface area contributed by atoms with E-state index in [-0.39, 0.29) is 5.91 Å². The third-order valence-corrected chi connectivity index (χ3v) is 3.87. The lowest BCUT2D eigenvalue weighted by Gasteiger charge is -2.02. The van der Waals surface area contributed by atoms with Crippen molar-refractivity contribution in [2.45, 2.75) is 6.92 Å². The molecular weight excluding hydrogens is 282 g/mol. The van der Waals surface area contributed by atoms with Crippen LogP contribution in [0.15, 0.2) is 30.3 Å². The fraction of sp³-hybridized carbons (Fsp3) is 0.125. The average molecular weight is 295 g/mol. The van der Waals surface area contributed by atoms with Gasteiger partial charge in [0, 0.05) is 5.69 Å². The summed E-state index contributed by atoms with van der Waals surface area (Å²) in [5.41, 5.74) is 7.52. The summed E-state index contributed by atoms with van der Waals surface area (Å²) in [6.45, 7) is 2.21. The van der Waals surface area contributed by atoms with Crippen LogP contribution in [0.25, 0.3) is 0 Å². The standard InChI is InChI=1S/C16H13N3OS/c1-11-9-15(21-14(11)3-2-8-17)16(20)19-13-6-4-12(10-18)5-7-13/h4-7,9H,8,17H2,1H3,(H,19,20). The maximum Gasteiger partial charge on any atom is 0.265 e. The smallest absolute Gasteiger partial charge is 0.265 e. The zero-order valence-electron chi connectivity index (χ0n) is 11.4. The number of anilines is 1. The third-order valence-electron chi connectivity index (χ3n) is 2.72. The van der Waals surface area contributed by atoms with Crippen LogP contribution in [0.5, 0.6) is 0 Å². The van der Waals surface area contributed by atoms with Crippen LogP contribution in [0.2, 0.25) is 0 Å². The number of hydrogen-bond donors (Lipinski definition) is 2. The Morgan fingerprint density at radius 1 is 1.38 bits per heavy atom. The lowest BCUT2D eigenvalue weighted by molar-refractivity contribution is 0.103. The topological polar surface area (TPSA) is 78.9 Å². The number of carbonyl (C=O) groups excluding carboxylic acids is 1. The van der Waals surface area contributed by atoms with E-state index < -0.39 is 0 Å². The number of carbonyl (C=O) groups is 1. The molecule has 0 atom stereocenters. The molecule has 1 amide bonds. The number of rotatable bonds is 2. The molecule has 0 spiro atoms. The summed E-state index contributed by atoms with van der Waals surface area (Å²) < 4.78 is 0. The first-order valence-electron chi connectivity index (χ1n) is 6.25. The van der Waals surface area contributed by atoms with Gasteiger partial charge in [-0.05, 0) is 42.8 Å². The van der Waals surface area contributed by atoms with Crippen molar-refractivity contribution in [3.05, 3.63) is 51.2 Å². The highest BCUT2D eigenvalue weighted by molar-refractivity contribution is 7.14. The quantitative estimate of drug-likeness (QED) is 0.835. The van der Waals surface area contributed by atoms with E-state index in [9.17, 15) is 4.79 Å². The van der Waals surface area contributed by atoms with E-state index in [0.29, 0.717) is 22.7 Å². The molecule has 2 aromatic rings. The Kier molecular flexibility index (Phi) is 4.73. The normalized spacial score (nSPS) is 9.38. The molecule has 0 saturated heterocycles. The second kappa shape index (κ2) is 6.71. The molecular formula is C16H13N3OS. The van der Waals surface area contributed by atoms with Crippen LogP contribution in [0.3, 0.4) is 0 Å². The van der Waals surface area contributed by atoms with E-state index in [0.717, 1.165) is 10.4 Å². The van der Waals surface area contributed by atoms with Gasteiger partial charge in [-0.3, -0.25) is 4.79 Å². The number of nitrogens with one attached hydrogen (secondary N) is 1. The summed E-state index contributed by atoms with van der Waals surface area (Å²) in [5, 5.41) is 11.5. The number of benzene rings is 1. The van der Waals surface area contributed by atoms with Gasteiger partial charge in [-0.25, -0.2) is 0 Å². The number of amides is 1. The molecule has 1 aromatic heterocycles. The molecule has 1 aromatic carbocycles. The third kappa shape index (κ3) is 3.70. The number of nitrogens with two attached hydrogens (primary N) is 1. The molecule has 0 unspecified atom stereocenters. The van der Waals surface area contributed by atoms with Crippen LogP contribution < -0.4 is 11.1 Å². The number of hydrogen-bond acceptors (Lipinski definition) is 4. The first-order chi connectivity index (χ1) is 10.1. The van der Waals surface area contributed by atoms with Gasteiger partial charge in [-0.2, -0.15) is 5.26 Å². The van der Waals surface area contributed by atoms with Crippen LogP contribution >= 0.6 is 11.3 Å². The number of nitrogens with zero attached hydrogens (tertiary/aromatic N) is 1. The van der Waals surface area contributed by atoms with Crippen molar-refractivity contribution < 1.29 is 4.79 Å². The maximum absolute atomic E-state index is 12.2. The van der Waals surface area contributed by atoms with Gasteiger partial charge in [0.1, 0.15) is 0 Å². The fourth-order valence-corrected chi connectivity index (χ4v) is 2.61. The molecule has 0 radical (unpaired) electrons. The fourth-order valence-electron chi connectivity index (χ4n) is 1.67. The highest BCUT2D eigenvalue weighted by Gasteiger charge is 2.11. The lowest BCUT2D eigenvalue weighted by atomic mass is 10.2. The molecule has 2 rings (SSSR count). The highest BCUT2D eigenvalue weighted by atomic mass is 32.1. The minimum absolute atomic E-state index is 0.186. The summed E-state index contributed by atoms with van der Waals surface area (Å²) in [7, 11) is 0. The Morgan fingerprint density at radius 2 is 2.10 bits per heavy atom. The molecule has 21 heavy (non-hydrogen) atoms. The molecule has 3 N–H and O–H groups in total. The predicted molar refractivity (Wildman–Crippen MR) is 84.1 cm³/mol. The number of thiophene rings is 1. The summed E-state index contributed by atoms with van der Waals surface area (Å²) >= 11 is 1.34. The van der Waals surface area contributed by atoms with E-state index in [1.165, 1.54) is 11.3 Å². The first-order valence-corrected chi connectivity index (χ1v) is 7.06. The second-order valence-electron chi connectivity index (χ2n) is 4.27. The Morgan fingerprint density at radius 3 is 2.71 bits per heavy atom. The molecule has 0 bridgehead atoms. The van der Waals surface area contributed by atoms with E-state index in [1.807, 2.05) is 19.1 Å². The van der Waals surface area contributed by atoms with Crippen molar-refractivity contribution in [3.63, 3.8) is 0 Å². The van der Waals surface area contributed by atoms with Gasteiger partial charge < -0.3 is 11.1 Å². The monoisotopic (exact) mass is 295 g/mol. The van der Waals surface area contributed by atoms with Gasteiger partial charge in [-0.15, -0.1) is 11.3 Å². The Bertz CT molecular complexity index is 758. The number of nitriles is 1. The van der Waals surface area contributed by atoms with Crippen molar-refractivity contribution in [1.82, 2.24) is 0 Å². The minimum Gasteiger partial charge on any atom is -0.321 e. The van der Waals surface area contributed by atoms with Crippen molar-refractivity contribution in [2.75, 3.05) is 11.9 Å². The van der Waals surface area contributed by atoms with E-state index >= 15 is 0 Å². The van der Waals surface area contributed by atoms with Gasteiger partial charge in [0.25, 0.3) is 5.91 Å². The summed E-state index contributed by atoms with van der Waals surface area (Å²) in [4.78, 5) is 13.6. The maximum atomic E-state index is 12.2. The van der Waals surface area contributed by atoms with Crippen molar-refractivity contribution >= 4 is 22.9 Å². The van der Waals surface area contributed by atoms with Crippen LogP contribution in [0, 0.1) is 30.1 Å². The summed E-state index contributed by atoms with van der Waals surface area (Å²) in [6.07, 6.45) is 0. The molecule has 5 heteroatoms. The predicted octanol–water partition coefficient (Wildman–Crippen LogP) is 2.49. The zero-order valence-corrected chi connectivity index (χ0v) is 12.3. The van der Waals surface area contributed by atoms with Crippen LogP contribution in [0.4, 0.5) is 5.69 Å². The molecule has 0 aliphatic rings. The van der Waals surface area contributed by atoms with Crippen LogP contribution in [0.1, 0.15) is 25.7 Å². The van der Waals surface area contributed by atoms with Gasteiger partial charge in [0.05, 0.1) is 27.9 Å². The van der Waals surface area contributed by atoms with Gasteiger partial charge in [0.15, 0.2) is 0 Å². The molecule has 104 valence electrons. The van der Waals surface area contributed by atoms with Gasteiger partial charge in [-0.1, -0.05) is 11.8 Å². The Labute approximate surface area is 127 Å². The van der Waals surface area contributed by atoms with Crippen molar-refractivity contribution in [3.8, 4) is 17.9 Å². The molecule has 0 aliphatic heterocycles. The zero-order chi connectivity index (χ0) is 15.2. The highest BCUT2D eigenvalue weighted by Crippen LogP contribution is 2.22. The van der Waals surface area contributed by atoms with E-state index in [1.54, 1.807) is 24.3 Å². The molecule has 0 aliphatic carbocycles. The molecule has 1 heterocycles.